The quantitative estimate of drug-likeness (QED) is 0.114. The van der Waals surface area contributed by atoms with Crippen molar-refractivity contribution in [3.05, 3.63) is 143 Å². The second-order valence-corrected chi connectivity index (χ2v) is 11.6. The van der Waals surface area contributed by atoms with Crippen molar-refractivity contribution in [2.45, 2.75) is 17.1 Å². The summed E-state index contributed by atoms with van der Waals surface area (Å²) in [6.07, 6.45) is 1.20. The Balaban J connectivity index is 1.27. The van der Waals surface area contributed by atoms with E-state index in [4.69, 9.17) is 11.6 Å². The van der Waals surface area contributed by atoms with E-state index in [1.807, 2.05) is 49.4 Å². The summed E-state index contributed by atoms with van der Waals surface area (Å²) in [5.41, 5.74) is 1.29. The molecule has 0 saturated heterocycles. The van der Waals surface area contributed by atoms with Crippen LogP contribution in [-0.4, -0.2) is 23.0 Å². The number of amides is 3. The monoisotopic (exact) mass is 623 g/mol. The van der Waals surface area contributed by atoms with Crippen LogP contribution in [0.3, 0.4) is 0 Å². The van der Waals surface area contributed by atoms with E-state index in [2.05, 4.69) is 16.0 Å². The highest BCUT2D eigenvalue weighted by Gasteiger charge is 2.18. The van der Waals surface area contributed by atoms with E-state index in [-0.39, 0.29) is 22.2 Å². The SMILES string of the molecule is CC(Sc1ccc(NC(=O)/C(=C/c2c(F)cccc2Cl)NC(=O)c2ccccc2)cc1)C(=O)Nc1cccc2ccccc12. The topological polar surface area (TPSA) is 87.3 Å². The number of carbonyl (C=O) groups excluding carboxylic acids is 3. The summed E-state index contributed by atoms with van der Waals surface area (Å²) >= 11 is 7.56. The molecular weight excluding hydrogens is 597 g/mol. The molecule has 5 rings (SSSR count). The molecule has 0 aromatic heterocycles. The van der Waals surface area contributed by atoms with Crippen LogP contribution in [0.25, 0.3) is 16.8 Å². The third-order valence-corrected chi connectivity index (χ3v) is 8.10. The Kier molecular flexibility index (Phi) is 9.74. The molecule has 0 heterocycles. The van der Waals surface area contributed by atoms with Crippen LogP contribution in [0.4, 0.5) is 15.8 Å². The van der Waals surface area contributed by atoms with Crippen LogP contribution in [0.2, 0.25) is 5.02 Å². The van der Waals surface area contributed by atoms with Crippen LogP contribution in [-0.2, 0) is 9.59 Å². The maximum atomic E-state index is 14.6. The highest BCUT2D eigenvalue weighted by atomic mass is 35.5. The average molecular weight is 624 g/mol. The van der Waals surface area contributed by atoms with Crippen molar-refractivity contribution in [3.63, 3.8) is 0 Å². The number of carbonyl (C=O) groups is 3. The zero-order valence-electron chi connectivity index (χ0n) is 23.5. The molecule has 5 aromatic rings. The molecule has 0 aliphatic carbocycles. The molecule has 0 aliphatic heterocycles. The Labute approximate surface area is 263 Å². The van der Waals surface area contributed by atoms with Gasteiger partial charge in [0.2, 0.25) is 5.91 Å². The van der Waals surface area contributed by atoms with E-state index >= 15 is 0 Å². The molecule has 1 atom stereocenters. The van der Waals surface area contributed by atoms with Gasteiger partial charge in [0.05, 0.1) is 10.3 Å². The van der Waals surface area contributed by atoms with Crippen LogP contribution in [0.5, 0.6) is 0 Å². The minimum atomic E-state index is -0.670. The summed E-state index contributed by atoms with van der Waals surface area (Å²) in [5.74, 6) is -1.99. The normalized spacial score (nSPS) is 11.9. The molecule has 6 nitrogen and oxygen atoms in total. The fourth-order valence-corrected chi connectivity index (χ4v) is 5.46. The van der Waals surface area contributed by atoms with Gasteiger partial charge in [-0.3, -0.25) is 14.4 Å². The molecule has 3 N–H and O–H groups in total. The maximum Gasteiger partial charge on any atom is 0.272 e. The second kappa shape index (κ2) is 14.0. The molecule has 0 fully saturated rings. The lowest BCUT2D eigenvalue weighted by molar-refractivity contribution is -0.115. The van der Waals surface area contributed by atoms with E-state index in [1.165, 1.54) is 36.0 Å². The van der Waals surface area contributed by atoms with Crippen LogP contribution < -0.4 is 16.0 Å². The number of fused-ring (bicyclic) bond motifs is 1. The summed E-state index contributed by atoms with van der Waals surface area (Å²) in [4.78, 5) is 40.0. The summed E-state index contributed by atoms with van der Waals surface area (Å²) in [6, 6.07) is 33.0. The zero-order valence-corrected chi connectivity index (χ0v) is 25.1. The molecule has 0 saturated carbocycles. The Hall–Kier alpha value is -4.92. The summed E-state index contributed by atoms with van der Waals surface area (Å²) in [7, 11) is 0. The van der Waals surface area contributed by atoms with Gasteiger partial charge in [0.1, 0.15) is 11.5 Å². The van der Waals surface area contributed by atoms with Gasteiger partial charge in [0.25, 0.3) is 11.8 Å². The highest BCUT2D eigenvalue weighted by Crippen LogP contribution is 2.28. The molecule has 0 aliphatic rings. The van der Waals surface area contributed by atoms with Crippen molar-refractivity contribution < 1.29 is 18.8 Å². The van der Waals surface area contributed by atoms with Gasteiger partial charge in [0.15, 0.2) is 0 Å². The third-order valence-electron chi connectivity index (χ3n) is 6.66. The highest BCUT2D eigenvalue weighted by molar-refractivity contribution is 8.00. The Morgan fingerprint density at radius 2 is 1.48 bits per heavy atom. The van der Waals surface area contributed by atoms with Crippen molar-refractivity contribution in [3.8, 4) is 0 Å². The second-order valence-electron chi connectivity index (χ2n) is 9.77. The van der Waals surface area contributed by atoms with Crippen molar-refractivity contribution in [1.82, 2.24) is 5.32 Å². The summed E-state index contributed by atoms with van der Waals surface area (Å²) in [5, 5.41) is 10.0. The molecule has 0 spiro atoms. The number of halogens is 2. The third kappa shape index (κ3) is 7.53. The van der Waals surface area contributed by atoms with Crippen LogP contribution in [0.15, 0.2) is 126 Å². The molecule has 3 amide bonds. The maximum absolute atomic E-state index is 14.6. The predicted molar refractivity (Wildman–Crippen MR) is 176 cm³/mol. The van der Waals surface area contributed by atoms with Gasteiger partial charge in [-0.15, -0.1) is 11.8 Å². The lowest BCUT2D eigenvalue weighted by Crippen LogP contribution is -2.30. The van der Waals surface area contributed by atoms with Crippen LogP contribution in [0.1, 0.15) is 22.8 Å². The van der Waals surface area contributed by atoms with Gasteiger partial charge < -0.3 is 16.0 Å². The number of rotatable bonds is 9. The molecule has 220 valence electrons. The first-order valence-corrected chi connectivity index (χ1v) is 14.9. The van der Waals surface area contributed by atoms with E-state index < -0.39 is 22.9 Å². The van der Waals surface area contributed by atoms with Gasteiger partial charge in [-0.2, -0.15) is 0 Å². The summed E-state index contributed by atoms with van der Waals surface area (Å²) in [6.45, 7) is 1.82. The van der Waals surface area contributed by atoms with Crippen molar-refractivity contribution in [2.75, 3.05) is 10.6 Å². The Bertz CT molecular complexity index is 1840. The molecule has 9 heteroatoms. The number of hydrogen-bond donors (Lipinski definition) is 3. The van der Waals surface area contributed by atoms with Gasteiger partial charge in [-0.1, -0.05) is 72.3 Å². The molecule has 44 heavy (non-hydrogen) atoms. The fourth-order valence-electron chi connectivity index (χ4n) is 4.38. The largest absolute Gasteiger partial charge is 0.325 e. The first kappa shape index (κ1) is 30.5. The minimum Gasteiger partial charge on any atom is -0.325 e. The van der Waals surface area contributed by atoms with E-state index in [9.17, 15) is 18.8 Å². The summed E-state index contributed by atoms with van der Waals surface area (Å²) < 4.78 is 14.6. The number of anilines is 2. The molecule has 1 unspecified atom stereocenters. The number of benzene rings is 5. The molecule has 0 bridgehead atoms. The van der Waals surface area contributed by atoms with E-state index in [0.29, 0.717) is 11.3 Å². The van der Waals surface area contributed by atoms with Gasteiger partial charge in [0, 0.05) is 32.8 Å². The molecular formula is C35H27ClFN3O3S. The smallest absolute Gasteiger partial charge is 0.272 e. The number of thioether (sulfide) groups is 1. The fraction of sp³-hybridized carbons (Fsp3) is 0.0571. The lowest BCUT2D eigenvalue weighted by Gasteiger charge is -2.14. The number of nitrogens with one attached hydrogen (secondary N) is 3. The van der Waals surface area contributed by atoms with Gasteiger partial charge in [-0.25, -0.2) is 4.39 Å². The standard InChI is InChI=1S/C35H27ClFN3O3S/c1-22(33(41)39-31-16-7-12-23-9-5-6-13-27(23)31)44-26-19-17-25(18-20-26)38-35(43)32(21-28-29(36)14-8-15-30(28)37)40-34(42)24-10-3-2-4-11-24/h2-22H,1H3,(H,38,43)(H,39,41)(H,40,42)/b32-21-. The molecule has 5 aromatic carbocycles. The van der Waals surface area contributed by atoms with Gasteiger partial charge >= 0.3 is 0 Å². The first-order valence-electron chi connectivity index (χ1n) is 13.7. The van der Waals surface area contributed by atoms with Crippen molar-refractivity contribution in [1.29, 1.82) is 0 Å². The van der Waals surface area contributed by atoms with E-state index in [1.54, 1.807) is 54.6 Å². The van der Waals surface area contributed by atoms with Crippen molar-refractivity contribution >= 4 is 69.3 Å². The lowest BCUT2D eigenvalue weighted by atomic mass is 10.1. The first-order chi connectivity index (χ1) is 21.3. The average Bonchev–Trinajstić information content (AvgIpc) is 3.03. The zero-order chi connectivity index (χ0) is 31.1. The number of hydrogen-bond acceptors (Lipinski definition) is 4. The molecule has 0 radical (unpaired) electrons. The van der Waals surface area contributed by atoms with Crippen LogP contribution in [0, 0.1) is 5.82 Å². The van der Waals surface area contributed by atoms with Crippen LogP contribution >= 0.6 is 23.4 Å². The predicted octanol–water partition coefficient (Wildman–Crippen LogP) is 8.16. The Morgan fingerprint density at radius 1 is 0.795 bits per heavy atom. The van der Waals surface area contributed by atoms with Crippen molar-refractivity contribution in [2.24, 2.45) is 0 Å². The van der Waals surface area contributed by atoms with E-state index in [0.717, 1.165) is 21.4 Å². The van der Waals surface area contributed by atoms with Gasteiger partial charge in [-0.05, 0) is 73.0 Å². The Morgan fingerprint density at radius 3 is 2.23 bits per heavy atom. The minimum absolute atomic E-state index is 0.0322.